The third kappa shape index (κ3) is 4.61. The summed E-state index contributed by atoms with van der Waals surface area (Å²) in [5.41, 5.74) is 1.25. The van der Waals surface area contributed by atoms with Crippen LogP contribution in [0.2, 0.25) is 0 Å². The molecule has 0 atom stereocenters. The number of thioether (sulfide) groups is 2. The van der Waals surface area contributed by atoms with Crippen LogP contribution in [0, 0.1) is 0 Å². The summed E-state index contributed by atoms with van der Waals surface area (Å²) in [6, 6.07) is 14.9. The van der Waals surface area contributed by atoms with Crippen LogP contribution in [0.15, 0.2) is 76.0 Å². The average Bonchev–Trinajstić information content (AvgIpc) is 2.69. The number of anilines is 1. The number of amides is 1. The van der Waals surface area contributed by atoms with E-state index in [4.69, 9.17) is 0 Å². The van der Waals surface area contributed by atoms with Gasteiger partial charge in [-0.3, -0.25) is 14.2 Å². The fraction of sp³-hybridized carbons (Fsp3) is 0.150. The maximum Gasteiger partial charge on any atom is 0.262 e. The van der Waals surface area contributed by atoms with Crippen LogP contribution in [0.3, 0.4) is 0 Å². The quantitative estimate of drug-likeness (QED) is 0.370. The van der Waals surface area contributed by atoms with Gasteiger partial charge in [0.2, 0.25) is 5.91 Å². The summed E-state index contributed by atoms with van der Waals surface area (Å²) in [7, 11) is 0. The molecule has 27 heavy (non-hydrogen) atoms. The predicted octanol–water partition coefficient (Wildman–Crippen LogP) is 4.04. The van der Waals surface area contributed by atoms with E-state index in [1.54, 1.807) is 34.5 Å². The van der Waals surface area contributed by atoms with Crippen molar-refractivity contribution in [2.45, 2.75) is 16.6 Å². The molecule has 1 N–H and O–H groups in total. The molecule has 1 amide bonds. The Kier molecular flexibility index (Phi) is 6.36. The molecule has 1 aromatic heterocycles. The van der Waals surface area contributed by atoms with Gasteiger partial charge in [-0.15, -0.1) is 18.3 Å². The third-order valence-corrected chi connectivity index (χ3v) is 5.53. The SMILES string of the molecule is C=CCn1c(SCC(=O)Nc2cccc(SC)c2)nc2ccccc2c1=O. The molecule has 5 nitrogen and oxygen atoms in total. The number of carbonyl (C=O) groups is 1. The highest BCUT2D eigenvalue weighted by Gasteiger charge is 2.12. The first-order valence-corrected chi connectivity index (χ1v) is 10.5. The lowest BCUT2D eigenvalue weighted by Gasteiger charge is -2.11. The van der Waals surface area contributed by atoms with Crippen LogP contribution in [0.25, 0.3) is 10.9 Å². The van der Waals surface area contributed by atoms with Crippen LogP contribution in [-0.4, -0.2) is 27.5 Å². The molecule has 3 aromatic rings. The third-order valence-electron chi connectivity index (χ3n) is 3.82. The van der Waals surface area contributed by atoms with Crippen molar-refractivity contribution in [1.82, 2.24) is 9.55 Å². The maximum atomic E-state index is 12.7. The molecule has 0 aliphatic rings. The van der Waals surface area contributed by atoms with Crippen molar-refractivity contribution in [3.05, 3.63) is 71.5 Å². The Hall–Kier alpha value is -2.51. The van der Waals surface area contributed by atoms with Gasteiger partial charge in [-0.25, -0.2) is 4.98 Å². The van der Waals surface area contributed by atoms with E-state index in [0.717, 1.165) is 10.6 Å². The lowest BCUT2D eigenvalue weighted by Crippen LogP contribution is -2.23. The molecule has 138 valence electrons. The first-order chi connectivity index (χ1) is 13.1. The lowest BCUT2D eigenvalue weighted by molar-refractivity contribution is -0.113. The van der Waals surface area contributed by atoms with Gasteiger partial charge in [0.1, 0.15) is 0 Å². The second kappa shape index (κ2) is 8.92. The van der Waals surface area contributed by atoms with Gasteiger partial charge < -0.3 is 5.32 Å². The Morgan fingerprint density at radius 2 is 2.07 bits per heavy atom. The molecule has 0 saturated heterocycles. The van der Waals surface area contributed by atoms with E-state index < -0.39 is 0 Å². The number of hydrogen-bond acceptors (Lipinski definition) is 5. The van der Waals surface area contributed by atoms with Gasteiger partial charge in [0.25, 0.3) is 5.56 Å². The van der Waals surface area contributed by atoms with Crippen LogP contribution >= 0.6 is 23.5 Å². The van der Waals surface area contributed by atoms with Gasteiger partial charge in [-0.2, -0.15) is 0 Å². The molecule has 0 saturated carbocycles. The van der Waals surface area contributed by atoms with Gasteiger partial charge in [0.05, 0.1) is 16.7 Å². The van der Waals surface area contributed by atoms with Crippen LogP contribution in [0.5, 0.6) is 0 Å². The summed E-state index contributed by atoms with van der Waals surface area (Å²) < 4.78 is 1.54. The number of aromatic nitrogens is 2. The van der Waals surface area contributed by atoms with Gasteiger partial charge >= 0.3 is 0 Å². The molecule has 2 aromatic carbocycles. The summed E-state index contributed by atoms with van der Waals surface area (Å²) >= 11 is 2.86. The standard InChI is InChI=1S/C20H19N3O2S2/c1-3-11-23-19(25)16-9-4-5-10-17(16)22-20(23)27-13-18(24)21-14-7-6-8-15(12-14)26-2/h3-10,12H,1,11,13H2,2H3,(H,21,24). The number of nitrogens with one attached hydrogen (secondary N) is 1. The van der Waals surface area contributed by atoms with Crippen molar-refractivity contribution in [3.63, 3.8) is 0 Å². The summed E-state index contributed by atoms with van der Waals surface area (Å²) in [6.45, 7) is 4.05. The predicted molar refractivity (Wildman–Crippen MR) is 114 cm³/mol. The van der Waals surface area contributed by atoms with Crippen LogP contribution in [0.1, 0.15) is 0 Å². The number of rotatable bonds is 7. The van der Waals surface area contributed by atoms with Crippen molar-refractivity contribution in [2.24, 2.45) is 0 Å². The van der Waals surface area contributed by atoms with E-state index in [-0.39, 0.29) is 17.2 Å². The topological polar surface area (TPSA) is 64.0 Å². The molecule has 0 aliphatic carbocycles. The molecule has 0 aliphatic heterocycles. The Morgan fingerprint density at radius 1 is 1.26 bits per heavy atom. The van der Waals surface area contributed by atoms with Crippen molar-refractivity contribution in [2.75, 3.05) is 17.3 Å². The van der Waals surface area contributed by atoms with E-state index in [0.29, 0.717) is 22.6 Å². The number of benzene rings is 2. The molecule has 7 heteroatoms. The number of nitrogens with zero attached hydrogens (tertiary/aromatic N) is 2. The minimum absolute atomic E-state index is 0.129. The zero-order valence-corrected chi connectivity index (χ0v) is 16.5. The summed E-state index contributed by atoms with van der Waals surface area (Å²) in [5.74, 6) is 0.0108. The largest absolute Gasteiger partial charge is 0.325 e. The second-order valence-corrected chi connectivity index (χ2v) is 7.51. The van der Waals surface area contributed by atoms with Gasteiger partial charge in [-0.1, -0.05) is 36.0 Å². The zero-order chi connectivity index (χ0) is 19.2. The molecule has 1 heterocycles. The number of carbonyl (C=O) groups excluding carboxylic acids is 1. The molecule has 0 radical (unpaired) electrons. The molecule has 0 spiro atoms. The van der Waals surface area contributed by atoms with Gasteiger partial charge in [0, 0.05) is 17.1 Å². The Morgan fingerprint density at radius 3 is 2.85 bits per heavy atom. The maximum absolute atomic E-state index is 12.7. The van der Waals surface area contributed by atoms with E-state index in [2.05, 4.69) is 16.9 Å². The smallest absolute Gasteiger partial charge is 0.262 e. The fourth-order valence-corrected chi connectivity index (χ4v) is 3.84. The minimum atomic E-state index is -0.147. The Balaban J connectivity index is 1.79. The highest BCUT2D eigenvalue weighted by molar-refractivity contribution is 7.99. The Labute approximate surface area is 165 Å². The van der Waals surface area contributed by atoms with Crippen molar-refractivity contribution < 1.29 is 4.79 Å². The van der Waals surface area contributed by atoms with Crippen LogP contribution in [0.4, 0.5) is 5.69 Å². The fourth-order valence-electron chi connectivity index (χ4n) is 2.58. The van der Waals surface area contributed by atoms with E-state index in [9.17, 15) is 9.59 Å². The summed E-state index contributed by atoms with van der Waals surface area (Å²) in [6.07, 6.45) is 3.64. The van der Waals surface area contributed by atoms with E-state index in [1.807, 2.05) is 42.7 Å². The van der Waals surface area contributed by atoms with Gasteiger partial charge in [-0.05, 0) is 36.6 Å². The molecular formula is C20H19N3O2S2. The van der Waals surface area contributed by atoms with Crippen molar-refractivity contribution in [3.8, 4) is 0 Å². The summed E-state index contributed by atoms with van der Waals surface area (Å²) in [4.78, 5) is 30.7. The number of allylic oxidation sites excluding steroid dienone is 1. The highest BCUT2D eigenvalue weighted by Crippen LogP contribution is 2.21. The molecule has 0 fully saturated rings. The normalized spacial score (nSPS) is 10.7. The number of hydrogen-bond donors (Lipinski definition) is 1. The monoisotopic (exact) mass is 397 g/mol. The van der Waals surface area contributed by atoms with Crippen molar-refractivity contribution in [1.29, 1.82) is 0 Å². The zero-order valence-electron chi connectivity index (χ0n) is 14.8. The molecule has 0 unspecified atom stereocenters. The molecule has 3 rings (SSSR count). The molecule has 0 bridgehead atoms. The second-order valence-electron chi connectivity index (χ2n) is 5.68. The lowest BCUT2D eigenvalue weighted by atomic mass is 10.2. The van der Waals surface area contributed by atoms with E-state index >= 15 is 0 Å². The highest BCUT2D eigenvalue weighted by atomic mass is 32.2. The minimum Gasteiger partial charge on any atom is -0.325 e. The van der Waals surface area contributed by atoms with Crippen molar-refractivity contribution >= 4 is 46.0 Å². The Bertz CT molecular complexity index is 1050. The number of para-hydroxylation sites is 1. The van der Waals surface area contributed by atoms with E-state index in [1.165, 1.54) is 11.8 Å². The van der Waals surface area contributed by atoms with Gasteiger partial charge in [0.15, 0.2) is 5.16 Å². The first-order valence-electron chi connectivity index (χ1n) is 8.29. The van der Waals surface area contributed by atoms with Crippen LogP contribution in [-0.2, 0) is 11.3 Å². The first kappa shape index (κ1) is 19.3. The molecular weight excluding hydrogens is 378 g/mol. The average molecular weight is 398 g/mol. The summed E-state index contributed by atoms with van der Waals surface area (Å²) in [5, 5.41) is 3.95. The van der Waals surface area contributed by atoms with Crippen LogP contribution < -0.4 is 10.9 Å². The number of fused-ring (bicyclic) bond motifs is 1.